The van der Waals surface area contributed by atoms with Crippen LogP contribution < -0.4 is 10.9 Å². The van der Waals surface area contributed by atoms with Crippen LogP contribution in [0.2, 0.25) is 0 Å². The average molecular weight is 398 g/mol. The Labute approximate surface area is 168 Å². The lowest BCUT2D eigenvalue weighted by Crippen LogP contribution is -2.36. The van der Waals surface area contributed by atoms with Gasteiger partial charge in [0.05, 0.1) is 23.1 Å². The largest absolute Gasteiger partial charge is 0.444 e. The highest BCUT2D eigenvalue weighted by atomic mass is 16.6. The summed E-state index contributed by atoms with van der Waals surface area (Å²) >= 11 is 0. The lowest BCUT2D eigenvalue weighted by molar-refractivity contribution is 0.0495. The number of aromatic amines is 1. The first-order valence-electron chi connectivity index (χ1n) is 9.55. The molecular formula is C21H26N4O4. The van der Waals surface area contributed by atoms with Crippen LogP contribution >= 0.6 is 0 Å². The number of H-pyrrole nitrogens is 1. The van der Waals surface area contributed by atoms with E-state index in [0.717, 1.165) is 5.56 Å². The second-order valence-electron chi connectivity index (χ2n) is 8.38. The normalized spacial score (nSPS) is 12.9. The minimum absolute atomic E-state index is 0.268. The van der Waals surface area contributed by atoms with Crippen LogP contribution in [0.3, 0.4) is 0 Å². The van der Waals surface area contributed by atoms with Crippen molar-refractivity contribution in [1.82, 2.24) is 20.3 Å². The van der Waals surface area contributed by atoms with E-state index in [9.17, 15) is 9.59 Å². The van der Waals surface area contributed by atoms with Gasteiger partial charge in [0.25, 0.3) is 5.56 Å². The number of nitrogens with one attached hydrogen (secondary N) is 2. The number of carbonyl (C=O) groups is 1. The van der Waals surface area contributed by atoms with Gasteiger partial charge in [-0.1, -0.05) is 13.8 Å². The summed E-state index contributed by atoms with van der Waals surface area (Å²) in [6.07, 6.45) is 2.97. The van der Waals surface area contributed by atoms with Gasteiger partial charge >= 0.3 is 6.09 Å². The second-order valence-corrected chi connectivity index (χ2v) is 8.38. The molecule has 1 atom stereocenters. The SMILES string of the molecule is CC(C)CC(NC(=O)OC(C)(C)C)c1nc2ccc(-c3cnco3)cc2c(=O)[nH]1. The number of hydrogen-bond donors (Lipinski definition) is 2. The van der Waals surface area contributed by atoms with E-state index in [1.54, 1.807) is 39.1 Å². The van der Waals surface area contributed by atoms with Crippen LogP contribution in [0.15, 0.2) is 40.0 Å². The van der Waals surface area contributed by atoms with Crippen molar-refractivity contribution in [3.05, 3.63) is 47.0 Å². The maximum atomic E-state index is 12.7. The van der Waals surface area contributed by atoms with Crippen LogP contribution in [0.4, 0.5) is 4.79 Å². The number of fused-ring (bicyclic) bond motifs is 1. The number of benzene rings is 1. The molecule has 0 saturated heterocycles. The first-order chi connectivity index (χ1) is 13.6. The molecule has 2 aromatic heterocycles. The quantitative estimate of drug-likeness (QED) is 0.667. The summed E-state index contributed by atoms with van der Waals surface area (Å²) in [5.41, 5.74) is 0.367. The van der Waals surface area contributed by atoms with E-state index >= 15 is 0 Å². The fourth-order valence-corrected chi connectivity index (χ4v) is 2.99. The van der Waals surface area contributed by atoms with Crippen molar-refractivity contribution in [3.8, 4) is 11.3 Å². The van der Waals surface area contributed by atoms with Crippen molar-refractivity contribution in [3.63, 3.8) is 0 Å². The van der Waals surface area contributed by atoms with Crippen LogP contribution in [0.5, 0.6) is 0 Å². The summed E-state index contributed by atoms with van der Waals surface area (Å²) in [4.78, 5) is 36.3. The van der Waals surface area contributed by atoms with Gasteiger partial charge < -0.3 is 19.5 Å². The molecule has 3 aromatic rings. The molecule has 154 valence electrons. The van der Waals surface area contributed by atoms with Crippen LogP contribution in [0, 0.1) is 5.92 Å². The molecule has 2 heterocycles. The van der Waals surface area contributed by atoms with Gasteiger partial charge in [0.1, 0.15) is 11.4 Å². The lowest BCUT2D eigenvalue weighted by Gasteiger charge is -2.24. The Bertz CT molecular complexity index is 1050. The van der Waals surface area contributed by atoms with Gasteiger partial charge in [-0.25, -0.2) is 14.8 Å². The fraction of sp³-hybridized carbons (Fsp3) is 0.429. The summed E-state index contributed by atoms with van der Waals surface area (Å²) < 4.78 is 10.7. The topological polar surface area (TPSA) is 110 Å². The molecule has 0 aliphatic carbocycles. The van der Waals surface area contributed by atoms with E-state index in [1.165, 1.54) is 6.39 Å². The zero-order valence-electron chi connectivity index (χ0n) is 17.3. The number of aromatic nitrogens is 3. The van der Waals surface area contributed by atoms with E-state index in [1.807, 2.05) is 19.9 Å². The number of rotatable bonds is 5. The molecule has 0 aliphatic heterocycles. The van der Waals surface area contributed by atoms with E-state index < -0.39 is 17.7 Å². The molecule has 0 radical (unpaired) electrons. The van der Waals surface area contributed by atoms with E-state index in [4.69, 9.17) is 9.15 Å². The molecule has 0 spiro atoms. The van der Waals surface area contributed by atoms with Crippen molar-refractivity contribution in [2.75, 3.05) is 0 Å². The Kier molecular flexibility index (Phi) is 5.72. The highest BCUT2D eigenvalue weighted by Crippen LogP contribution is 2.24. The molecule has 8 nitrogen and oxygen atoms in total. The molecule has 0 saturated carbocycles. The molecule has 2 N–H and O–H groups in total. The predicted octanol–water partition coefficient (Wildman–Crippen LogP) is 4.19. The molecule has 3 rings (SSSR count). The van der Waals surface area contributed by atoms with E-state index in [-0.39, 0.29) is 11.5 Å². The number of alkyl carbamates (subject to hydrolysis) is 1. The van der Waals surface area contributed by atoms with Gasteiger partial charge in [0.15, 0.2) is 12.2 Å². The van der Waals surface area contributed by atoms with Crippen LogP contribution in [0.25, 0.3) is 22.2 Å². The number of hydrogen-bond acceptors (Lipinski definition) is 6. The summed E-state index contributed by atoms with van der Waals surface area (Å²) in [5, 5.41) is 3.26. The Balaban J connectivity index is 1.95. The first kappa shape index (κ1) is 20.6. The van der Waals surface area contributed by atoms with Crippen LogP contribution in [0.1, 0.15) is 52.9 Å². The van der Waals surface area contributed by atoms with Crippen molar-refractivity contribution < 1.29 is 13.9 Å². The maximum Gasteiger partial charge on any atom is 0.408 e. The average Bonchev–Trinajstić information content (AvgIpc) is 3.13. The Morgan fingerprint density at radius 3 is 2.69 bits per heavy atom. The molecule has 8 heteroatoms. The first-order valence-corrected chi connectivity index (χ1v) is 9.55. The van der Waals surface area contributed by atoms with Gasteiger partial charge in [0, 0.05) is 5.56 Å². The van der Waals surface area contributed by atoms with Crippen molar-refractivity contribution in [2.45, 2.75) is 52.7 Å². The van der Waals surface area contributed by atoms with Gasteiger partial charge in [-0.3, -0.25) is 4.79 Å². The minimum Gasteiger partial charge on any atom is -0.444 e. The van der Waals surface area contributed by atoms with Gasteiger partial charge in [0.2, 0.25) is 0 Å². The molecule has 0 fully saturated rings. The number of amides is 1. The summed E-state index contributed by atoms with van der Waals surface area (Å²) in [6, 6.07) is 4.81. The molecule has 1 unspecified atom stereocenters. The summed E-state index contributed by atoms with van der Waals surface area (Å²) in [7, 11) is 0. The number of carbonyl (C=O) groups excluding carboxylic acids is 1. The van der Waals surface area contributed by atoms with Gasteiger partial charge in [-0.15, -0.1) is 0 Å². The zero-order chi connectivity index (χ0) is 21.2. The minimum atomic E-state index is -0.617. The van der Waals surface area contributed by atoms with Crippen LogP contribution in [-0.2, 0) is 4.74 Å². The lowest BCUT2D eigenvalue weighted by atomic mass is 10.0. The predicted molar refractivity (Wildman–Crippen MR) is 109 cm³/mol. The second kappa shape index (κ2) is 8.06. The highest BCUT2D eigenvalue weighted by molar-refractivity contribution is 5.82. The highest BCUT2D eigenvalue weighted by Gasteiger charge is 2.23. The maximum absolute atomic E-state index is 12.7. The monoisotopic (exact) mass is 398 g/mol. The third-order valence-electron chi connectivity index (χ3n) is 4.17. The number of ether oxygens (including phenoxy) is 1. The van der Waals surface area contributed by atoms with Crippen molar-refractivity contribution in [1.29, 1.82) is 0 Å². The van der Waals surface area contributed by atoms with E-state index in [2.05, 4.69) is 20.3 Å². The molecule has 29 heavy (non-hydrogen) atoms. The van der Waals surface area contributed by atoms with Crippen molar-refractivity contribution in [2.24, 2.45) is 5.92 Å². The number of nitrogens with zero attached hydrogens (tertiary/aromatic N) is 2. The third kappa shape index (κ3) is 5.22. The van der Waals surface area contributed by atoms with Crippen molar-refractivity contribution >= 4 is 17.0 Å². The Morgan fingerprint density at radius 2 is 2.07 bits per heavy atom. The number of oxazole rings is 1. The Hall–Kier alpha value is -3.16. The summed E-state index contributed by atoms with van der Waals surface area (Å²) in [5.74, 6) is 1.24. The third-order valence-corrected chi connectivity index (χ3v) is 4.17. The van der Waals surface area contributed by atoms with Crippen LogP contribution in [-0.4, -0.2) is 26.6 Å². The molecule has 0 bridgehead atoms. The zero-order valence-corrected chi connectivity index (χ0v) is 17.3. The standard InChI is InChI=1S/C21H26N4O4/c1-12(2)8-16(24-20(27)29-21(3,4)5)18-23-15-7-6-13(17-10-22-11-28-17)9-14(15)19(26)25-18/h6-7,9-12,16H,8H2,1-5H3,(H,24,27)(H,23,25,26). The molecular weight excluding hydrogens is 372 g/mol. The Morgan fingerprint density at radius 1 is 1.31 bits per heavy atom. The molecule has 1 aromatic carbocycles. The summed E-state index contributed by atoms with van der Waals surface area (Å²) in [6.45, 7) is 9.46. The van der Waals surface area contributed by atoms with Gasteiger partial charge in [-0.05, 0) is 51.3 Å². The van der Waals surface area contributed by atoms with Gasteiger partial charge in [-0.2, -0.15) is 0 Å². The fourth-order valence-electron chi connectivity index (χ4n) is 2.99. The molecule has 1 amide bonds. The van der Waals surface area contributed by atoms with E-state index in [0.29, 0.717) is 28.9 Å². The molecule has 0 aliphatic rings. The smallest absolute Gasteiger partial charge is 0.408 e.